The van der Waals surface area contributed by atoms with Crippen molar-refractivity contribution in [1.82, 2.24) is 0 Å². The van der Waals surface area contributed by atoms with E-state index >= 15 is 0 Å². The molecule has 0 aliphatic rings. The van der Waals surface area contributed by atoms with Crippen LogP contribution in [-0.4, -0.2) is 12.2 Å². The van der Waals surface area contributed by atoms with Gasteiger partial charge in [0.15, 0.2) is 0 Å². The Hall–Kier alpha value is -2.80. The molecule has 26 heavy (non-hydrogen) atoms. The molecule has 0 bridgehead atoms. The van der Waals surface area contributed by atoms with Gasteiger partial charge in [-0.3, -0.25) is 0 Å². The summed E-state index contributed by atoms with van der Waals surface area (Å²) in [6.45, 7) is 0.978. The van der Waals surface area contributed by atoms with E-state index in [4.69, 9.17) is 4.42 Å². The molecule has 2 aromatic carbocycles. The summed E-state index contributed by atoms with van der Waals surface area (Å²) in [5.41, 5.74) is 0.627. The minimum absolute atomic E-state index is 0.00301. The van der Waals surface area contributed by atoms with Crippen LogP contribution in [0, 0.1) is 0 Å². The molecular formula is C19H17F3NO3+. The van der Waals surface area contributed by atoms with E-state index in [0.29, 0.717) is 24.1 Å². The number of halogens is 3. The third-order valence-corrected chi connectivity index (χ3v) is 4.09. The van der Waals surface area contributed by atoms with Crippen LogP contribution in [0.3, 0.4) is 0 Å². The highest BCUT2D eigenvalue weighted by molar-refractivity contribution is 5.81. The summed E-state index contributed by atoms with van der Waals surface area (Å²) in [4.78, 5) is 12.7. The maximum Gasteiger partial charge on any atom is 0.416 e. The highest BCUT2D eigenvalue weighted by atomic mass is 19.4. The maximum atomic E-state index is 12.6. The van der Waals surface area contributed by atoms with Gasteiger partial charge in [0.25, 0.3) is 0 Å². The van der Waals surface area contributed by atoms with Crippen molar-refractivity contribution in [3.63, 3.8) is 0 Å². The van der Waals surface area contributed by atoms with Gasteiger partial charge in [-0.1, -0.05) is 12.1 Å². The number of rotatable bonds is 4. The lowest BCUT2D eigenvalue weighted by Crippen LogP contribution is -3.06. The van der Waals surface area contributed by atoms with Gasteiger partial charge in [-0.15, -0.1) is 0 Å². The van der Waals surface area contributed by atoms with Crippen molar-refractivity contribution in [2.75, 3.05) is 7.05 Å². The first-order valence-corrected chi connectivity index (χ1v) is 7.95. The molecule has 1 atom stereocenters. The fourth-order valence-corrected chi connectivity index (χ4v) is 2.91. The molecule has 0 fully saturated rings. The summed E-state index contributed by atoms with van der Waals surface area (Å²) in [5, 5.41) is 10.2. The number of phenols is 1. The van der Waals surface area contributed by atoms with Gasteiger partial charge in [0, 0.05) is 28.6 Å². The Balaban J connectivity index is 1.79. The lowest BCUT2D eigenvalue weighted by atomic mass is 10.1. The van der Waals surface area contributed by atoms with Crippen LogP contribution in [0.2, 0.25) is 0 Å². The third-order valence-electron chi connectivity index (χ3n) is 4.09. The average Bonchev–Trinajstić information content (AvgIpc) is 2.53. The summed E-state index contributed by atoms with van der Waals surface area (Å²) in [6.07, 6.45) is -4.35. The van der Waals surface area contributed by atoms with Crippen LogP contribution in [0.5, 0.6) is 5.75 Å². The Kier molecular flexibility index (Phi) is 4.73. The highest BCUT2D eigenvalue weighted by Gasteiger charge is 2.30. The average molecular weight is 364 g/mol. The lowest BCUT2D eigenvalue weighted by Gasteiger charge is -2.15. The Morgan fingerprint density at radius 1 is 1.04 bits per heavy atom. The van der Waals surface area contributed by atoms with Crippen molar-refractivity contribution in [1.29, 1.82) is 0 Å². The Morgan fingerprint density at radius 2 is 1.73 bits per heavy atom. The molecule has 0 saturated heterocycles. The van der Waals surface area contributed by atoms with Crippen LogP contribution in [0.4, 0.5) is 13.2 Å². The number of phenolic OH excluding ortho intramolecular Hbond substituents is 1. The quantitative estimate of drug-likeness (QED) is 0.700. The second-order valence-electron chi connectivity index (χ2n) is 6.28. The van der Waals surface area contributed by atoms with Crippen molar-refractivity contribution in [3.05, 3.63) is 75.6 Å². The summed E-state index contributed by atoms with van der Waals surface area (Å²) in [7, 11) is 1.89. The summed E-state index contributed by atoms with van der Waals surface area (Å²) in [5.74, 6) is 0.00301. The third kappa shape index (κ3) is 4.05. The van der Waals surface area contributed by atoms with Gasteiger partial charge >= 0.3 is 11.8 Å². The minimum atomic E-state index is -4.35. The minimum Gasteiger partial charge on any atom is -0.508 e. The summed E-state index contributed by atoms with van der Waals surface area (Å²) in [6, 6.07) is 11.0. The topological polar surface area (TPSA) is 54.9 Å². The molecule has 0 radical (unpaired) electrons. The molecule has 4 nitrogen and oxygen atoms in total. The molecule has 1 aromatic heterocycles. The van der Waals surface area contributed by atoms with Crippen molar-refractivity contribution < 1.29 is 27.6 Å². The van der Waals surface area contributed by atoms with Crippen molar-refractivity contribution in [2.45, 2.75) is 19.3 Å². The SMILES string of the molecule is C[NH+](Cc1ccc(C(F)(F)F)cc1)Cc1cc(=O)oc2cc(O)ccc12. The van der Waals surface area contributed by atoms with Crippen molar-refractivity contribution >= 4 is 11.0 Å². The van der Waals surface area contributed by atoms with Crippen LogP contribution in [0.1, 0.15) is 16.7 Å². The molecule has 0 spiro atoms. The Labute approximate surface area is 147 Å². The van der Waals surface area contributed by atoms with Gasteiger partial charge in [-0.2, -0.15) is 13.2 Å². The van der Waals surface area contributed by atoms with Gasteiger partial charge in [0.2, 0.25) is 0 Å². The summed E-state index contributed by atoms with van der Waals surface area (Å²) >= 11 is 0. The summed E-state index contributed by atoms with van der Waals surface area (Å²) < 4.78 is 43.0. The normalized spacial score (nSPS) is 13.1. The number of fused-ring (bicyclic) bond motifs is 1. The monoisotopic (exact) mass is 364 g/mol. The lowest BCUT2D eigenvalue weighted by molar-refractivity contribution is -0.907. The molecular weight excluding hydrogens is 347 g/mol. The smallest absolute Gasteiger partial charge is 0.416 e. The largest absolute Gasteiger partial charge is 0.508 e. The number of alkyl halides is 3. The van der Waals surface area contributed by atoms with E-state index in [1.807, 2.05) is 7.05 Å². The van der Waals surface area contributed by atoms with E-state index in [2.05, 4.69) is 0 Å². The number of benzene rings is 2. The van der Waals surface area contributed by atoms with E-state index in [-0.39, 0.29) is 5.75 Å². The molecule has 0 aliphatic heterocycles. The zero-order valence-electron chi connectivity index (χ0n) is 13.9. The van der Waals surface area contributed by atoms with Crippen LogP contribution in [0.15, 0.2) is 57.7 Å². The predicted molar refractivity (Wildman–Crippen MR) is 89.9 cm³/mol. The van der Waals surface area contributed by atoms with E-state index < -0.39 is 17.4 Å². The van der Waals surface area contributed by atoms with Crippen molar-refractivity contribution in [3.8, 4) is 5.75 Å². The number of quaternary nitrogens is 1. The fraction of sp³-hybridized carbons (Fsp3) is 0.211. The van der Waals surface area contributed by atoms with Gasteiger partial charge in [0.1, 0.15) is 24.4 Å². The Morgan fingerprint density at radius 3 is 2.38 bits per heavy atom. The van der Waals surface area contributed by atoms with Gasteiger partial charge in [0.05, 0.1) is 12.6 Å². The second kappa shape index (κ2) is 6.84. The Bertz CT molecular complexity index is 978. The maximum absolute atomic E-state index is 12.6. The van der Waals surface area contributed by atoms with E-state index in [1.54, 1.807) is 6.07 Å². The number of hydrogen-bond donors (Lipinski definition) is 2. The van der Waals surface area contributed by atoms with Crippen LogP contribution in [0.25, 0.3) is 11.0 Å². The number of hydrogen-bond acceptors (Lipinski definition) is 3. The molecule has 7 heteroatoms. The highest BCUT2D eigenvalue weighted by Crippen LogP contribution is 2.29. The van der Waals surface area contributed by atoms with Crippen LogP contribution in [-0.2, 0) is 19.3 Å². The molecule has 0 amide bonds. The molecule has 2 N–H and O–H groups in total. The first kappa shape index (κ1) is 18.0. The van der Waals surface area contributed by atoms with Gasteiger partial charge in [-0.05, 0) is 24.3 Å². The molecule has 136 valence electrons. The molecule has 0 aliphatic carbocycles. The van der Waals surface area contributed by atoms with E-state index in [1.165, 1.54) is 30.3 Å². The second-order valence-corrected chi connectivity index (χ2v) is 6.28. The molecule has 0 saturated carbocycles. The molecule has 3 rings (SSSR count). The van der Waals surface area contributed by atoms with Crippen molar-refractivity contribution in [2.24, 2.45) is 0 Å². The fourth-order valence-electron chi connectivity index (χ4n) is 2.91. The van der Waals surface area contributed by atoms with Crippen LogP contribution < -0.4 is 10.5 Å². The first-order chi connectivity index (χ1) is 12.2. The number of aromatic hydroxyl groups is 1. The van der Waals surface area contributed by atoms with Gasteiger partial charge in [-0.25, -0.2) is 4.79 Å². The zero-order valence-corrected chi connectivity index (χ0v) is 13.9. The van der Waals surface area contributed by atoms with E-state index in [9.17, 15) is 23.1 Å². The standard InChI is InChI=1S/C19H16F3NO3/c1-23(10-12-2-4-14(5-3-12)19(20,21)22)11-13-8-18(25)26-17-9-15(24)6-7-16(13)17/h2-9,24H,10-11H2,1H3/p+1. The number of nitrogens with one attached hydrogen (secondary N) is 1. The van der Waals surface area contributed by atoms with Gasteiger partial charge < -0.3 is 14.4 Å². The molecule has 1 unspecified atom stereocenters. The van der Waals surface area contributed by atoms with Crippen LogP contribution >= 0.6 is 0 Å². The zero-order chi connectivity index (χ0) is 18.9. The first-order valence-electron chi connectivity index (χ1n) is 7.95. The molecule has 3 aromatic rings. The predicted octanol–water partition coefficient (Wildman–Crippen LogP) is 2.73. The van der Waals surface area contributed by atoms with E-state index in [0.717, 1.165) is 28.2 Å². The molecule has 1 heterocycles.